The zero-order valence-electron chi connectivity index (χ0n) is 16.2. The van der Waals surface area contributed by atoms with Crippen LogP contribution in [-0.4, -0.2) is 14.5 Å². The second kappa shape index (κ2) is 6.92. The van der Waals surface area contributed by atoms with Crippen molar-refractivity contribution in [2.45, 2.75) is 12.8 Å². The van der Waals surface area contributed by atoms with Crippen LogP contribution in [0.1, 0.15) is 17.5 Å². The van der Waals surface area contributed by atoms with Crippen LogP contribution in [0.25, 0.3) is 45.1 Å². The molecule has 1 aliphatic carbocycles. The van der Waals surface area contributed by atoms with Crippen LogP contribution in [0.15, 0.2) is 83.5 Å². The molecule has 3 aromatic carbocycles. The van der Waals surface area contributed by atoms with Crippen LogP contribution in [-0.2, 0) is 6.42 Å². The van der Waals surface area contributed by atoms with Crippen molar-refractivity contribution in [1.82, 2.24) is 14.5 Å². The maximum Gasteiger partial charge on any atom is 0.145 e. The molecule has 30 heavy (non-hydrogen) atoms. The Morgan fingerprint density at radius 3 is 2.53 bits per heavy atom. The Kier molecular flexibility index (Phi) is 4.06. The predicted molar refractivity (Wildman–Crippen MR) is 127 cm³/mol. The Morgan fingerprint density at radius 2 is 1.70 bits per heavy atom. The highest BCUT2D eigenvalue weighted by atomic mass is 79.9. The third kappa shape index (κ3) is 2.64. The molecule has 0 unspecified atom stereocenters. The van der Waals surface area contributed by atoms with Gasteiger partial charge in [0.05, 0.1) is 16.6 Å². The highest BCUT2D eigenvalue weighted by molar-refractivity contribution is 9.10. The van der Waals surface area contributed by atoms with E-state index in [0.717, 1.165) is 56.3 Å². The molecule has 0 amide bonds. The number of rotatable bonds is 2. The minimum atomic E-state index is 0.946. The molecule has 144 valence electrons. The van der Waals surface area contributed by atoms with Gasteiger partial charge < -0.3 is 0 Å². The number of allylic oxidation sites excluding steroid dienone is 1. The van der Waals surface area contributed by atoms with Crippen LogP contribution in [0.3, 0.4) is 0 Å². The summed E-state index contributed by atoms with van der Waals surface area (Å²) in [4.78, 5) is 9.95. The first-order chi connectivity index (χ1) is 14.8. The summed E-state index contributed by atoms with van der Waals surface area (Å²) in [7, 11) is 0. The molecular weight excluding hydrogens is 434 g/mol. The monoisotopic (exact) mass is 451 g/mol. The first-order valence-electron chi connectivity index (χ1n) is 10.1. The lowest BCUT2D eigenvalue weighted by atomic mass is 9.92. The van der Waals surface area contributed by atoms with Gasteiger partial charge in [-0.3, -0.25) is 9.55 Å². The molecule has 0 spiro atoms. The summed E-state index contributed by atoms with van der Waals surface area (Å²) in [5.74, 6) is 0.946. The van der Waals surface area contributed by atoms with Gasteiger partial charge in [-0.05, 0) is 54.8 Å². The van der Waals surface area contributed by atoms with Gasteiger partial charge in [0.15, 0.2) is 0 Å². The lowest BCUT2D eigenvalue weighted by Gasteiger charge is -2.17. The average Bonchev–Trinajstić information content (AvgIpc) is 3.21. The fourth-order valence-electron chi connectivity index (χ4n) is 4.45. The topological polar surface area (TPSA) is 30.7 Å². The second-order valence-electron chi connectivity index (χ2n) is 7.54. The number of pyridine rings is 1. The van der Waals surface area contributed by atoms with E-state index in [1.165, 1.54) is 11.1 Å². The van der Waals surface area contributed by atoms with E-state index in [1.807, 2.05) is 12.3 Å². The van der Waals surface area contributed by atoms with E-state index in [9.17, 15) is 0 Å². The highest BCUT2D eigenvalue weighted by Crippen LogP contribution is 2.39. The fraction of sp³-hybridized carbons (Fsp3) is 0.0769. The van der Waals surface area contributed by atoms with Crippen molar-refractivity contribution in [3.8, 4) is 17.1 Å². The van der Waals surface area contributed by atoms with Crippen molar-refractivity contribution in [2.75, 3.05) is 0 Å². The molecule has 0 bridgehead atoms. The molecular formula is C26H18BrN3. The fourth-order valence-corrected chi connectivity index (χ4v) is 4.71. The van der Waals surface area contributed by atoms with Gasteiger partial charge >= 0.3 is 0 Å². The van der Waals surface area contributed by atoms with E-state index in [0.29, 0.717) is 0 Å². The molecule has 0 saturated carbocycles. The Hall–Kier alpha value is -3.24. The lowest BCUT2D eigenvalue weighted by Crippen LogP contribution is -2.03. The quantitative estimate of drug-likeness (QED) is 0.290. The predicted octanol–water partition coefficient (Wildman–Crippen LogP) is 6.96. The molecule has 0 saturated heterocycles. The van der Waals surface area contributed by atoms with Gasteiger partial charge in [-0.2, -0.15) is 0 Å². The van der Waals surface area contributed by atoms with Gasteiger partial charge in [-0.1, -0.05) is 58.4 Å². The number of hydrogen-bond acceptors (Lipinski definition) is 2. The molecule has 0 aliphatic heterocycles. The van der Waals surface area contributed by atoms with Crippen LogP contribution in [0.2, 0.25) is 0 Å². The number of aromatic nitrogens is 3. The maximum absolute atomic E-state index is 5.20. The number of benzene rings is 3. The number of fused-ring (bicyclic) bond motifs is 6. The zero-order valence-corrected chi connectivity index (χ0v) is 17.8. The molecule has 0 fully saturated rings. The van der Waals surface area contributed by atoms with Crippen LogP contribution < -0.4 is 0 Å². The Morgan fingerprint density at radius 1 is 0.867 bits per heavy atom. The zero-order chi connectivity index (χ0) is 20.1. The van der Waals surface area contributed by atoms with Crippen LogP contribution in [0, 0.1) is 0 Å². The molecule has 0 N–H and O–H groups in total. The van der Waals surface area contributed by atoms with E-state index in [1.54, 1.807) is 0 Å². The van der Waals surface area contributed by atoms with Crippen LogP contribution >= 0.6 is 15.9 Å². The number of halogens is 1. The first kappa shape index (κ1) is 17.6. The van der Waals surface area contributed by atoms with Crippen molar-refractivity contribution >= 4 is 43.9 Å². The Bertz CT molecular complexity index is 1430. The van der Waals surface area contributed by atoms with Gasteiger partial charge in [-0.25, -0.2) is 4.98 Å². The summed E-state index contributed by atoms with van der Waals surface area (Å²) in [6.45, 7) is 0. The third-order valence-corrected chi connectivity index (χ3v) is 6.30. The lowest BCUT2D eigenvalue weighted by molar-refractivity contribution is 0.990. The highest BCUT2D eigenvalue weighted by Gasteiger charge is 2.23. The number of hydrogen-bond donors (Lipinski definition) is 0. The first-order valence-corrected chi connectivity index (χ1v) is 10.9. The van der Waals surface area contributed by atoms with E-state index >= 15 is 0 Å². The molecule has 4 heteroatoms. The van der Waals surface area contributed by atoms with Gasteiger partial charge in [0, 0.05) is 32.9 Å². The minimum absolute atomic E-state index is 0.946. The van der Waals surface area contributed by atoms with Gasteiger partial charge in [-0.15, -0.1) is 0 Å². The largest absolute Gasteiger partial charge is 0.292 e. The Labute approximate surface area is 182 Å². The summed E-state index contributed by atoms with van der Waals surface area (Å²) in [6, 6.07) is 23.0. The molecule has 1 aliphatic rings. The number of nitrogens with zero attached hydrogens (tertiary/aromatic N) is 3. The second-order valence-corrected chi connectivity index (χ2v) is 8.46. The SMILES string of the molecule is Brc1ccc(-c2nc3c4cccnc4c4c(c3n2-c2ccccc2)C=CCC4)cc1. The maximum atomic E-state index is 5.20. The van der Waals surface area contributed by atoms with Crippen molar-refractivity contribution in [3.05, 3.63) is 94.6 Å². The van der Waals surface area contributed by atoms with E-state index in [4.69, 9.17) is 9.97 Å². The normalized spacial score (nSPS) is 13.1. The summed E-state index contributed by atoms with van der Waals surface area (Å²) in [5.41, 5.74) is 7.99. The molecule has 0 atom stereocenters. The van der Waals surface area contributed by atoms with E-state index < -0.39 is 0 Å². The summed E-state index contributed by atoms with van der Waals surface area (Å²) < 4.78 is 3.36. The molecule has 6 rings (SSSR count). The number of aryl methyl sites for hydroxylation is 1. The van der Waals surface area contributed by atoms with Gasteiger partial charge in [0.25, 0.3) is 0 Å². The van der Waals surface area contributed by atoms with Crippen LogP contribution in [0.5, 0.6) is 0 Å². The standard InChI is InChI=1S/C26H18BrN3/c27-18-14-12-17(13-15-18)26-29-24-22-11-6-16-28-23(22)20-9-4-5-10-21(20)25(24)30(26)19-7-2-1-3-8-19/h1-3,5-8,10-16H,4,9H2. The summed E-state index contributed by atoms with van der Waals surface area (Å²) >= 11 is 3.55. The summed E-state index contributed by atoms with van der Waals surface area (Å²) in [6.07, 6.45) is 8.45. The minimum Gasteiger partial charge on any atom is -0.292 e. The van der Waals surface area contributed by atoms with Crippen molar-refractivity contribution in [1.29, 1.82) is 0 Å². The third-order valence-electron chi connectivity index (χ3n) is 5.77. The average molecular weight is 452 g/mol. The van der Waals surface area contributed by atoms with Crippen molar-refractivity contribution < 1.29 is 0 Å². The molecule has 2 heterocycles. The molecule has 5 aromatic rings. The number of imidazole rings is 1. The van der Waals surface area contributed by atoms with Gasteiger partial charge in [0.2, 0.25) is 0 Å². The smallest absolute Gasteiger partial charge is 0.145 e. The molecule has 0 radical (unpaired) electrons. The molecule has 2 aromatic heterocycles. The summed E-state index contributed by atoms with van der Waals surface area (Å²) in [5, 5.41) is 1.12. The number of para-hydroxylation sites is 1. The van der Waals surface area contributed by atoms with E-state index in [-0.39, 0.29) is 0 Å². The van der Waals surface area contributed by atoms with Crippen molar-refractivity contribution in [2.24, 2.45) is 0 Å². The van der Waals surface area contributed by atoms with Crippen LogP contribution in [0.4, 0.5) is 0 Å². The van der Waals surface area contributed by atoms with Crippen molar-refractivity contribution in [3.63, 3.8) is 0 Å². The Balaban J connectivity index is 1.82. The molecule has 3 nitrogen and oxygen atoms in total. The van der Waals surface area contributed by atoms with E-state index in [2.05, 4.69) is 93.3 Å². The van der Waals surface area contributed by atoms with Gasteiger partial charge in [0.1, 0.15) is 5.82 Å².